The maximum atomic E-state index is 5.84. The van der Waals surface area contributed by atoms with Gasteiger partial charge in [0.1, 0.15) is 5.75 Å². The molecular weight excluding hydrogens is 260 g/mol. The van der Waals surface area contributed by atoms with Crippen LogP contribution < -0.4 is 9.30 Å². The molecule has 1 aromatic heterocycles. The van der Waals surface area contributed by atoms with Gasteiger partial charge in [0.2, 0.25) is 0 Å². The number of nitrogens with one attached hydrogen (secondary N) is 1. The van der Waals surface area contributed by atoms with Crippen LogP contribution in [0.25, 0.3) is 11.0 Å². The van der Waals surface area contributed by atoms with Crippen molar-refractivity contribution in [2.75, 3.05) is 0 Å². The lowest BCUT2D eigenvalue weighted by Crippen LogP contribution is -2.32. The SMILES string of the molecule is C[n+]1c(COc2ccc(Cl)cc2)[nH]c2ccccc21. The number of para-hydroxylation sites is 2. The summed E-state index contributed by atoms with van der Waals surface area (Å²) in [6.45, 7) is 0.493. The highest BCUT2D eigenvalue weighted by molar-refractivity contribution is 6.30. The van der Waals surface area contributed by atoms with Gasteiger partial charge in [-0.25, -0.2) is 9.55 Å². The highest BCUT2D eigenvalue weighted by atomic mass is 35.5. The lowest BCUT2D eigenvalue weighted by Gasteiger charge is -2.02. The summed E-state index contributed by atoms with van der Waals surface area (Å²) in [6.07, 6.45) is 0. The van der Waals surface area contributed by atoms with Crippen LogP contribution in [-0.2, 0) is 13.7 Å². The number of fused-ring (bicyclic) bond motifs is 1. The lowest BCUT2D eigenvalue weighted by atomic mass is 10.3. The number of aromatic amines is 1. The van der Waals surface area contributed by atoms with Crippen molar-refractivity contribution < 1.29 is 9.30 Å². The van der Waals surface area contributed by atoms with E-state index in [1.165, 1.54) is 0 Å². The number of aromatic nitrogens is 2. The zero-order valence-electron chi connectivity index (χ0n) is 10.6. The Balaban J connectivity index is 1.82. The number of hydrogen-bond donors (Lipinski definition) is 1. The molecule has 0 aliphatic carbocycles. The van der Waals surface area contributed by atoms with Crippen LogP contribution in [0.1, 0.15) is 5.82 Å². The van der Waals surface area contributed by atoms with Crippen molar-refractivity contribution in [2.24, 2.45) is 7.05 Å². The average Bonchev–Trinajstić information content (AvgIpc) is 2.76. The number of benzene rings is 2. The van der Waals surface area contributed by atoms with E-state index in [1.807, 2.05) is 43.4 Å². The molecule has 1 heterocycles. The Morgan fingerprint density at radius 3 is 2.58 bits per heavy atom. The fourth-order valence-electron chi connectivity index (χ4n) is 2.07. The molecule has 0 aliphatic heterocycles. The highest BCUT2D eigenvalue weighted by Crippen LogP contribution is 2.16. The molecule has 1 N–H and O–H groups in total. The molecule has 3 rings (SSSR count). The summed E-state index contributed by atoms with van der Waals surface area (Å²) in [5.41, 5.74) is 2.27. The number of aryl methyl sites for hydroxylation is 1. The third kappa shape index (κ3) is 2.42. The number of halogens is 1. The smallest absolute Gasteiger partial charge is 0.293 e. The van der Waals surface area contributed by atoms with Crippen molar-refractivity contribution in [1.82, 2.24) is 4.98 Å². The first-order valence-corrected chi connectivity index (χ1v) is 6.46. The molecular formula is C15H14ClN2O+. The van der Waals surface area contributed by atoms with Crippen LogP contribution in [0.4, 0.5) is 0 Å². The van der Waals surface area contributed by atoms with E-state index < -0.39 is 0 Å². The van der Waals surface area contributed by atoms with Crippen LogP contribution in [-0.4, -0.2) is 4.98 Å². The molecule has 19 heavy (non-hydrogen) atoms. The summed E-state index contributed by atoms with van der Waals surface area (Å²) in [4.78, 5) is 3.36. The van der Waals surface area contributed by atoms with Gasteiger partial charge >= 0.3 is 0 Å². The summed E-state index contributed by atoms with van der Waals surface area (Å²) in [5, 5.41) is 0.712. The van der Waals surface area contributed by atoms with E-state index in [1.54, 1.807) is 0 Å². The fraction of sp³-hybridized carbons (Fsp3) is 0.133. The Hall–Kier alpha value is -2.00. The Morgan fingerprint density at radius 1 is 1.11 bits per heavy atom. The third-order valence-corrected chi connectivity index (χ3v) is 3.39. The maximum absolute atomic E-state index is 5.84. The standard InChI is InChI=1S/C15H13ClN2O/c1-18-14-5-3-2-4-13(14)17-15(18)10-19-12-8-6-11(16)7-9-12/h2-9H,10H2,1H3/p+1. The predicted molar refractivity (Wildman–Crippen MR) is 75.3 cm³/mol. The highest BCUT2D eigenvalue weighted by Gasteiger charge is 2.14. The summed E-state index contributed by atoms with van der Waals surface area (Å²) in [6, 6.07) is 15.6. The van der Waals surface area contributed by atoms with Crippen LogP contribution in [0, 0.1) is 0 Å². The molecule has 0 saturated carbocycles. The summed E-state index contributed by atoms with van der Waals surface area (Å²) < 4.78 is 7.85. The van der Waals surface area contributed by atoms with Gasteiger partial charge < -0.3 is 4.74 Å². The second kappa shape index (κ2) is 4.94. The summed E-state index contributed by atoms with van der Waals surface area (Å²) in [5.74, 6) is 1.83. The minimum atomic E-state index is 0.493. The van der Waals surface area contributed by atoms with Gasteiger partial charge in [-0.15, -0.1) is 0 Å². The molecule has 0 aliphatic rings. The minimum Gasteiger partial charge on any atom is -0.481 e. The van der Waals surface area contributed by atoms with E-state index in [-0.39, 0.29) is 0 Å². The van der Waals surface area contributed by atoms with Crippen LogP contribution in [0.5, 0.6) is 5.75 Å². The van der Waals surface area contributed by atoms with Crippen LogP contribution in [0.15, 0.2) is 48.5 Å². The Morgan fingerprint density at radius 2 is 1.84 bits per heavy atom. The quantitative estimate of drug-likeness (QED) is 0.730. The van der Waals surface area contributed by atoms with E-state index in [0.717, 1.165) is 22.6 Å². The number of nitrogens with zero attached hydrogens (tertiary/aromatic N) is 1. The summed E-state index contributed by atoms with van der Waals surface area (Å²) in [7, 11) is 2.03. The zero-order chi connectivity index (χ0) is 13.2. The van der Waals surface area contributed by atoms with E-state index in [0.29, 0.717) is 11.6 Å². The van der Waals surface area contributed by atoms with E-state index in [2.05, 4.69) is 21.7 Å². The number of hydrogen-bond acceptors (Lipinski definition) is 1. The maximum Gasteiger partial charge on any atom is 0.293 e. The zero-order valence-corrected chi connectivity index (χ0v) is 11.3. The number of ether oxygens (including phenoxy) is 1. The molecule has 0 unspecified atom stereocenters. The molecule has 0 fully saturated rings. The van der Waals surface area contributed by atoms with Gasteiger partial charge in [0.25, 0.3) is 5.82 Å². The van der Waals surface area contributed by atoms with Crippen molar-refractivity contribution in [2.45, 2.75) is 6.61 Å². The molecule has 0 radical (unpaired) electrons. The lowest BCUT2D eigenvalue weighted by molar-refractivity contribution is -0.654. The Bertz CT molecular complexity index is 704. The Labute approximate surface area is 116 Å². The second-order valence-corrected chi connectivity index (χ2v) is 4.83. The van der Waals surface area contributed by atoms with Crippen molar-refractivity contribution in [3.05, 3.63) is 59.4 Å². The molecule has 0 amide bonds. The van der Waals surface area contributed by atoms with Crippen molar-refractivity contribution in [1.29, 1.82) is 0 Å². The monoisotopic (exact) mass is 273 g/mol. The minimum absolute atomic E-state index is 0.493. The molecule has 3 aromatic rings. The van der Waals surface area contributed by atoms with Gasteiger partial charge in [-0.05, 0) is 36.4 Å². The third-order valence-electron chi connectivity index (χ3n) is 3.14. The van der Waals surface area contributed by atoms with Gasteiger partial charge in [0, 0.05) is 5.02 Å². The first-order chi connectivity index (χ1) is 9.24. The van der Waals surface area contributed by atoms with Gasteiger partial charge in [-0.2, -0.15) is 0 Å². The second-order valence-electron chi connectivity index (χ2n) is 4.39. The molecule has 0 atom stereocenters. The number of H-pyrrole nitrogens is 1. The average molecular weight is 274 g/mol. The molecule has 0 spiro atoms. The fourth-order valence-corrected chi connectivity index (χ4v) is 2.20. The van der Waals surface area contributed by atoms with Crippen LogP contribution >= 0.6 is 11.6 Å². The van der Waals surface area contributed by atoms with Gasteiger partial charge in [-0.1, -0.05) is 23.7 Å². The largest absolute Gasteiger partial charge is 0.481 e. The molecule has 96 valence electrons. The van der Waals surface area contributed by atoms with Crippen LogP contribution in [0.3, 0.4) is 0 Å². The van der Waals surface area contributed by atoms with Crippen molar-refractivity contribution >= 4 is 22.6 Å². The molecule has 3 nitrogen and oxygen atoms in total. The predicted octanol–water partition coefficient (Wildman–Crippen LogP) is 3.22. The first-order valence-electron chi connectivity index (χ1n) is 6.08. The molecule has 0 saturated heterocycles. The van der Waals surface area contributed by atoms with Gasteiger partial charge in [-0.3, -0.25) is 0 Å². The van der Waals surface area contributed by atoms with Crippen molar-refractivity contribution in [3.8, 4) is 5.75 Å². The van der Waals surface area contributed by atoms with E-state index in [4.69, 9.17) is 16.3 Å². The van der Waals surface area contributed by atoms with E-state index >= 15 is 0 Å². The van der Waals surface area contributed by atoms with Crippen LogP contribution in [0.2, 0.25) is 5.02 Å². The summed E-state index contributed by atoms with van der Waals surface area (Å²) >= 11 is 5.84. The molecule has 4 heteroatoms. The van der Waals surface area contributed by atoms with Gasteiger partial charge in [0.15, 0.2) is 17.6 Å². The normalized spacial score (nSPS) is 10.8. The number of imidazole rings is 1. The topological polar surface area (TPSA) is 28.9 Å². The number of rotatable bonds is 3. The molecule has 0 bridgehead atoms. The van der Waals surface area contributed by atoms with E-state index in [9.17, 15) is 0 Å². The van der Waals surface area contributed by atoms with Crippen molar-refractivity contribution in [3.63, 3.8) is 0 Å². The first kappa shape index (κ1) is 12.1. The molecule has 2 aromatic carbocycles. The Kier molecular flexibility index (Phi) is 3.13. The van der Waals surface area contributed by atoms with Gasteiger partial charge in [0.05, 0.1) is 7.05 Å².